The number of thiophene rings is 1. The number of anilines is 2. The molecule has 2 atom stereocenters. The zero-order chi connectivity index (χ0) is 21.6. The van der Waals surface area contributed by atoms with Crippen LogP contribution in [-0.4, -0.2) is 27.0 Å². The Morgan fingerprint density at radius 1 is 1.40 bits per heavy atom. The molecule has 1 aromatic carbocycles. The van der Waals surface area contributed by atoms with E-state index in [0.29, 0.717) is 0 Å². The molecule has 2 aromatic heterocycles. The maximum atomic E-state index is 13.8. The van der Waals surface area contributed by atoms with E-state index >= 15 is 0 Å². The summed E-state index contributed by atoms with van der Waals surface area (Å²) in [4.78, 5) is 13.5. The molecule has 2 unspecified atom stereocenters. The Balaban J connectivity index is 1.71. The fourth-order valence-electron chi connectivity index (χ4n) is 3.34. The summed E-state index contributed by atoms with van der Waals surface area (Å²) >= 11 is 4.59. The number of phenolic OH excluding ortho intramolecular Hbond substituents is 1. The summed E-state index contributed by atoms with van der Waals surface area (Å²) in [5.74, 6) is -0.807. The van der Waals surface area contributed by atoms with E-state index in [0.717, 1.165) is 15.1 Å². The predicted octanol–water partition coefficient (Wildman–Crippen LogP) is 5.63. The molecule has 1 aliphatic heterocycles. The van der Waals surface area contributed by atoms with E-state index in [-0.39, 0.29) is 33.8 Å². The summed E-state index contributed by atoms with van der Waals surface area (Å²) in [5, 5.41) is 21.3. The Morgan fingerprint density at radius 2 is 2.17 bits per heavy atom. The third-order valence-electron chi connectivity index (χ3n) is 4.80. The molecule has 158 valence electrons. The Labute approximate surface area is 181 Å². The maximum Gasteiger partial charge on any atom is 0.410 e. The highest BCUT2D eigenvalue weighted by Crippen LogP contribution is 2.47. The van der Waals surface area contributed by atoms with Crippen molar-refractivity contribution in [1.82, 2.24) is 9.78 Å². The number of fused-ring (bicyclic) bond motifs is 1. The lowest BCUT2D eigenvalue weighted by Crippen LogP contribution is -2.35. The molecule has 4 rings (SSSR count). The molecular weight excluding hydrogens is 485 g/mol. The molecule has 3 heterocycles. The molecule has 11 heteroatoms. The van der Waals surface area contributed by atoms with Crippen LogP contribution in [0.3, 0.4) is 0 Å². The lowest BCUT2D eigenvalue weighted by molar-refractivity contribution is -0.173. The molecule has 1 aliphatic rings. The number of aromatic nitrogens is 2. The van der Waals surface area contributed by atoms with Gasteiger partial charge in [0.2, 0.25) is 0 Å². The van der Waals surface area contributed by atoms with Gasteiger partial charge in [-0.3, -0.25) is 4.79 Å². The van der Waals surface area contributed by atoms with Crippen LogP contribution in [0, 0.1) is 6.92 Å². The van der Waals surface area contributed by atoms with Gasteiger partial charge in [-0.25, -0.2) is 4.68 Å². The number of nitrogens with zero attached hydrogens (tertiary/aromatic N) is 2. The summed E-state index contributed by atoms with van der Waals surface area (Å²) in [7, 11) is 0. The van der Waals surface area contributed by atoms with Crippen molar-refractivity contribution < 1.29 is 23.1 Å². The molecule has 0 aliphatic carbocycles. The summed E-state index contributed by atoms with van der Waals surface area (Å²) in [5.41, 5.74) is 0.734. The first-order valence-electron chi connectivity index (χ1n) is 8.90. The van der Waals surface area contributed by atoms with Crippen molar-refractivity contribution in [3.63, 3.8) is 0 Å². The summed E-state index contributed by atoms with van der Waals surface area (Å²) in [6, 6.07) is 5.74. The summed E-state index contributed by atoms with van der Waals surface area (Å²) in [6.45, 7) is 1.78. The molecule has 6 nitrogen and oxygen atoms in total. The molecule has 3 N–H and O–H groups in total. The first kappa shape index (κ1) is 20.7. The van der Waals surface area contributed by atoms with Gasteiger partial charge in [0, 0.05) is 11.3 Å². The van der Waals surface area contributed by atoms with E-state index in [1.807, 2.05) is 0 Å². The van der Waals surface area contributed by atoms with Crippen molar-refractivity contribution in [3.05, 3.63) is 56.3 Å². The zero-order valence-electron chi connectivity index (χ0n) is 15.5. The minimum Gasteiger partial charge on any atom is -0.506 e. The third-order valence-corrected chi connectivity index (χ3v) is 6.53. The summed E-state index contributed by atoms with van der Waals surface area (Å²) < 4.78 is 42.3. The Morgan fingerprint density at radius 3 is 2.83 bits per heavy atom. The minimum atomic E-state index is -4.54. The average Bonchev–Trinajstić information content (AvgIpc) is 3.32. The average molecular weight is 501 g/mol. The fraction of sp³-hybridized carbons (Fsp3) is 0.263. The lowest BCUT2D eigenvalue weighted by atomic mass is 10.0. The smallest absolute Gasteiger partial charge is 0.410 e. The normalized spacial score (nSPS) is 18.6. The molecule has 0 spiro atoms. The van der Waals surface area contributed by atoms with Gasteiger partial charge < -0.3 is 15.7 Å². The topological polar surface area (TPSA) is 79.2 Å². The van der Waals surface area contributed by atoms with E-state index in [1.165, 1.54) is 17.4 Å². The second kappa shape index (κ2) is 7.62. The van der Waals surface area contributed by atoms with Crippen LogP contribution in [0.1, 0.15) is 39.4 Å². The number of carbonyl (C=O) groups is 1. The monoisotopic (exact) mass is 500 g/mol. The second-order valence-electron chi connectivity index (χ2n) is 6.94. The number of carbonyl (C=O) groups excluding carboxylic acids is 1. The summed E-state index contributed by atoms with van der Waals surface area (Å²) in [6.07, 6.45) is -4.79. The minimum absolute atomic E-state index is 0.0839. The third kappa shape index (κ3) is 3.79. The molecule has 0 saturated heterocycles. The standard InChI is InChI=1S/C19H16BrF3N4O2S/c1-9-4-5-12(28)10(7-9)25-18(29)16-15(20)17-24-11(13-3-2-6-30-13)8-14(19(21,22)23)27(17)26-16/h2-7,11,14,24,28H,8H2,1H3,(H,25,29). The number of amides is 1. The van der Waals surface area contributed by atoms with Gasteiger partial charge in [-0.05, 0) is 52.0 Å². The highest BCUT2D eigenvalue weighted by Gasteiger charge is 2.48. The van der Waals surface area contributed by atoms with Crippen LogP contribution in [0.4, 0.5) is 24.7 Å². The Bertz CT molecular complexity index is 1100. The largest absolute Gasteiger partial charge is 0.506 e. The predicted molar refractivity (Wildman–Crippen MR) is 111 cm³/mol. The first-order valence-corrected chi connectivity index (χ1v) is 10.6. The number of phenols is 1. The highest BCUT2D eigenvalue weighted by molar-refractivity contribution is 9.10. The van der Waals surface area contributed by atoms with Gasteiger partial charge in [-0.15, -0.1) is 11.3 Å². The Hall–Kier alpha value is -2.53. The number of rotatable bonds is 3. The van der Waals surface area contributed by atoms with E-state index in [9.17, 15) is 23.1 Å². The van der Waals surface area contributed by atoms with Crippen molar-refractivity contribution in [2.45, 2.75) is 31.6 Å². The van der Waals surface area contributed by atoms with Crippen LogP contribution in [0.2, 0.25) is 0 Å². The van der Waals surface area contributed by atoms with Crippen molar-refractivity contribution in [2.75, 3.05) is 10.6 Å². The number of benzene rings is 1. The number of hydrogen-bond donors (Lipinski definition) is 3. The quantitative estimate of drug-likeness (QED) is 0.407. The van der Waals surface area contributed by atoms with Crippen LogP contribution in [-0.2, 0) is 0 Å². The number of halogens is 4. The van der Waals surface area contributed by atoms with Crippen LogP contribution >= 0.6 is 27.3 Å². The van der Waals surface area contributed by atoms with Gasteiger partial charge >= 0.3 is 6.18 Å². The molecule has 0 bridgehead atoms. The van der Waals surface area contributed by atoms with Gasteiger partial charge in [-0.2, -0.15) is 18.3 Å². The molecule has 0 radical (unpaired) electrons. The molecule has 30 heavy (non-hydrogen) atoms. The zero-order valence-corrected chi connectivity index (χ0v) is 17.9. The SMILES string of the molecule is Cc1ccc(O)c(NC(=O)c2nn3c(c2Br)NC(c2cccs2)CC3C(F)(F)F)c1. The van der Waals surface area contributed by atoms with Gasteiger partial charge in [0.1, 0.15) is 11.6 Å². The van der Waals surface area contributed by atoms with Crippen molar-refractivity contribution in [3.8, 4) is 5.75 Å². The van der Waals surface area contributed by atoms with E-state index in [2.05, 4.69) is 31.7 Å². The fourth-order valence-corrected chi connectivity index (χ4v) is 4.69. The van der Waals surface area contributed by atoms with Crippen LogP contribution in [0.25, 0.3) is 0 Å². The van der Waals surface area contributed by atoms with Gasteiger partial charge in [-0.1, -0.05) is 12.1 Å². The number of aromatic hydroxyl groups is 1. The Kier molecular flexibility index (Phi) is 5.27. The van der Waals surface area contributed by atoms with Crippen molar-refractivity contribution in [1.29, 1.82) is 0 Å². The molecular formula is C19H16BrF3N4O2S. The molecule has 3 aromatic rings. The van der Waals surface area contributed by atoms with E-state index < -0.39 is 24.2 Å². The molecule has 0 saturated carbocycles. The molecule has 0 fully saturated rings. The van der Waals surface area contributed by atoms with E-state index in [4.69, 9.17) is 0 Å². The number of nitrogens with one attached hydrogen (secondary N) is 2. The first-order chi connectivity index (χ1) is 14.1. The second-order valence-corrected chi connectivity index (χ2v) is 8.71. The van der Waals surface area contributed by atoms with Crippen LogP contribution < -0.4 is 10.6 Å². The highest BCUT2D eigenvalue weighted by atomic mass is 79.9. The maximum absolute atomic E-state index is 13.8. The number of alkyl halides is 3. The van der Waals surface area contributed by atoms with Gasteiger partial charge in [0.25, 0.3) is 5.91 Å². The van der Waals surface area contributed by atoms with Crippen molar-refractivity contribution in [2.24, 2.45) is 0 Å². The van der Waals surface area contributed by atoms with E-state index in [1.54, 1.807) is 36.6 Å². The number of aryl methyl sites for hydroxylation is 1. The van der Waals surface area contributed by atoms with Crippen LogP contribution in [0.15, 0.2) is 40.2 Å². The van der Waals surface area contributed by atoms with Crippen LogP contribution in [0.5, 0.6) is 5.75 Å². The molecule has 1 amide bonds. The van der Waals surface area contributed by atoms with Crippen molar-refractivity contribution >= 4 is 44.7 Å². The van der Waals surface area contributed by atoms with Gasteiger partial charge in [0.15, 0.2) is 11.7 Å². The lowest BCUT2D eigenvalue weighted by Gasteiger charge is -2.33. The van der Waals surface area contributed by atoms with Gasteiger partial charge in [0.05, 0.1) is 16.2 Å². The number of hydrogen-bond acceptors (Lipinski definition) is 5.